The number of halogens is 9. The van der Waals surface area contributed by atoms with Crippen LogP contribution in [0.2, 0.25) is 0 Å². The van der Waals surface area contributed by atoms with Crippen molar-refractivity contribution in [1.29, 1.82) is 0 Å². The summed E-state index contributed by atoms with van der Waals surface area (Å²) in [4.78, 5) is 35.3. The third-order valence-corrected chi connectivity index (χ3v) is 7.28. The van der Waals surface area contributed by atoms with Crippen molar-refractivity contribution in [3.05, 3.63) is 138 Å². The maximum atomic E-state index is 13.8. The lowest BCUT2D eigenvalue weighted by Crippen LogP contribution is -2.37. The number of benzene rings is 3. The van der Waals surface area contributed by atoms with Crippen molar-refractivity contribution in [3.63, 3.8) is 0 Å². The number of hydrogen-bond acceptors (Lipinski definition) is 4. The van der Waals surface area contributed by atoms with Gasteiger partial charge in [-0.2, -0.15) is 39.5 Å². The van der Waals surface area contributed by atoms with Crippen molar-refractivity contribution in [3.8, 4) is 22.3 Å². The zero-order valence-corrected chi connectivity index (χ0v) is 24.6. The Morgan fingerprint density at radius 2 is 1.10 bits per heavy atom. The summed E-state index contributed by atoms with van der Waals surface area (Å²) < 4.78 is 120. The zero-order chi connectivity index (χ0) is 35.6. The summed E-state index contributed by atoms with van der Waals surface area (Å²) >= 11 is 0. The molecule has 2 aromatic heterocycles. The highest BCUT2D eigenvalue weighted by Crippen LogP contribution is 2.35. The molecule has 15 heteroatoms. The fraction of sp³-hybridized carbons (Fsp3) is 0.118. The minimum absolute atomic E-state index is 0.0368. The van der Waals surface area contributed by atoms with E-state index in [4.69, 9.17) is 0 Å². The summed E-state index contributed by atoms with van der Waals surface area (Å²) in [7, 11) is 0. The summed E-state index contributed by atoms with van der Waals surface area (Å²) in [6.45, 7) is 0. The molecular formula is C34H21F9N4O2. The van der Waals surface area contributed by atoms with Crippen LogP contribution in [0.5, 0.6) is 0 Å². The van der Waals surface area contributed by atoms with E-state index in [0.29, 0.717) is 6.07 Å². The smallest absolute Gasteiger partial charge is 0.336 e. The second-order valence-electron chi connectivity index (χ2n) is 10.5. The van der Waals surface area contributed by atoms with Gasteiger partial charge in [-0.3, -0.25) is 19.6 Å². The molecular weight excluding hydrogens is 667 g/mol. The highest BCUT2D eigenvalue weighted by atomic mass is 19.4. The van der Waals surface area contributed by atoms with E-state index in [1.165, 1.54) is 36.8 Å². The predicted molar refractivity (Wildman–Crippen MR) is 160 cm³/mol. The zero-order valence-electron chi connectivity index (χ0n) is 24.6. The van der Waals surface area contributed by atoms with Gasteiger partial charge in [0, 0.05) is 24.2 Å². The van der Waals surface area contributed by atoms with Gasteiger partial charge in [-0.05, 0) is 70.8 Å². The molecule has 49 heavy (non-hydrogen) atoms. The number of anilines is 1. The maximum Gasteiger partial charge on any atom is 0.416 e. The number of nitrogens with zero attached hydrogens (tertiary/aromatic N) is 2. The van der Waals surface area contributed by atoms with E-state index in [2.05, 4.69) is 20.6 Å². The molecule has 2 amide bonds. The van der Waals surface area contributed by atoms with Crippen LogP contribution in [0.15, 0.2) is 110 Å². The van der Waals surface area contributed by atoms with E-state index in [9.17, 15) is 49.1 Å². The predicted octanol–water partition coefficient (Wildman–Crippen LogP) is 8.98. The average molecular weight is 689 g/mol. The number of pyridine rings is 2. The van der Waals surface area contributed by atoms with Gasteiger partial charge in [0.2, 0.25) is 0 Å². The van der Waals surface area contributed by atoms with E-state index in [1.807, 2.05) is 0 Å². The van der Waals surface area contributed by atoms with Gasteiger partial charge >= 0.3 is 18.5 Å². The third kappa shape index (κ3) is 8.05. The summed E-state index contributed by atoms with van der Waals surface area (Å²) in [6, 6.07) is 12.4. The number of carbonyl (C=O) groups is 2. The normalized spacial score (nSPS) is 12.7. The van der Waals surface area contributed by atoms with Crippen LogP contribution in [0.4, 0.5) is 45.2 Å². The van der Waals surface area contributed by atoms with Crippen molar-refractivity contribution in [2.24, 2.45) is 0 Å². The minimum atomic E-state index is -4.82. The summed E-state index contributed by atoms with van der Waals surface area (Å²) in [5.74, 6) is -2.05. The summed E-state index contributed by atoms with van der Waals surface area (Å²) in [5, 5.41) is 4.89. The van der Waals surface area contributed by atoms with E-state index in [1.54, 1.807) is 0 Å². The molecule has 6 nitrogen and oxygen atoms in total. The molecule has 2 N–H and O–H groups in total. The molecule has 0 unspecified atom stereocenters. The first-order valence-electron chi connectivity index (χ1n) is 14.0. The molecule has 252 valence electrons. The van der Waals surface area contributed by atoms with Crippen molar-refractivity contribution in [1.82, 2.24) is 15.3 Å². The fourth-order valence-corrected chi connectivity index (χ4v) is 4.86. The molecule has 0 saturated heterocycles. The molecule has 0 radical (unpaired) electrons. The number of amides is 2. The molecule has 3 aromatic carbocycles. The van der Waals surface area contributed by atoms with Crippen molar-refractivity contribution in [2.45, 2.75) is 24.6 Å². The number of carbonyl (C=O) groups excluding carboxylic acids is 2. The molecule has 2 heterocycles. The fourth-order valence-electron chi connectivity index (χ4n) is 4.86. The van der Waals surface area contributed by atoms with Crippen LogP contribution in [0.25, 0.3) is 22.3 Å². The molecule has 5 rings (SSSR count). The number of hydrogen-bond donors (Lipinski definition) is 2. The van der Waals surface area contributed by atoms with E-state index in [0.717, 1.165) is 66.9 Å². The van der Waals surface area contributed by atoms with Gasteiger partial charge in [0.1, 0.15) is 6.04 Å². The van der Waals surface area contributed by atoms with Gasteiger partial charge in [-0.1, -0.05) is 36.4 Å². The maximum absolute atomic E-state index is 13.8. The van der Waals surface area contributed by atoms with Gasteiger partial charge in [0.15, 0.2) is 0 Å². The first-order chi connectivity index (χ1) is 23.0. The Morgan fingerprint density at radius 1 is 0.592 bits per heavy atom. The number of rotatable bonds is 7. The van der Waals surface area contributed by atoms with Crippen molar-refractivity contribution in [2.75, 3.05) is 5.32 Å². The Bertz CT molecular complexity index is 1970. The molecule has 0 fully saturated rings. The second-order valence-corrected chi connectivity index (χ2v) is 10.5. The number of aromatic nitrogens is 2. The van der Waals surface area contributed by atoms with E-state index < -0.39 is 53.1 Å². The molecule has 5 aromatic rings. The molecule has 0 saturated carbocycles. The molecule has 0 aliphatic carbocycles. The summed E-state index contributed by atoms with van der Waals surface area (Å²) in [5.41, 5.74) is -2.79. The van der Waals surface area contributed by atoms with Crippen LogP contribution in [-0.4, -0.2) is 21.8 Å². The minimum Gasteiger partial charge on any atom is -0.336 e. The lowest BCUT2D eigenvalue weighted by Gasteiger charge is -2.22. The van der Waals surface area contributed by atoms with Crippen LogP contribution in [0.3, 0.4) is 0 Å². The van der Waals surface area contributed by atoms with Gasteiger partial charge < -0.3 is 10.6 Å². The first-order valence-corrected chi connectivity index (χ1v) is 14.0. The van der Waals surface area contributed by atoms with E-state index >= 15 is 0 Å². The Morgan fingerprint density at radius 3 is 1.65 bits per heavy atom. The SMILES string of the molecule is O=C(N[C@H](C(=O)Nc1cnccc1-c1ccc(C(F)(F)F)cc1)c1cccc(C(F)(F)F)c1)c1cnccc1-c1ccc(C(F)(F)F)cc1. The molecule has 0 spiro atoms. The Balaban J connectivity index is 1.51. The second kappa shape index (κ2) is 13.4. The van der Waals surface area contributed by atoms with Crippen molar-refractivity contribution < 1.29 is 49.1 Å². The highest BCUT2D eigenvalue weighted by Gasteiger charge is 2.34. The van der Waals surface area contributed by atoms with Crippen LogP contribution >= 0.6 is 0 Å². The Labute approximate surface area is 271 Å². The topological polar surface area (TPSA) is 84.0 Å². The van der Waals surface area contributed by atoms with Gasteiger partial charge in [-0.25, -0.2) is 0 Å². The average Bonchev–Trinajstić information content (AvgIpc) is 3.06. The van der Waals surface area contributed by atoms with Gasteiger partial charge in [-0.15, -0.1) is 0 Å². The first kappa shape index (κ1) is 34.6. The summed E-state index contributed by atoms with van der Waals surface area (Å²) in [6.07, 6.45) is -9.23. The van der Waals surface area contributed by atoms with Gasteiger partial charge in [0.05, 0.1) is 34.1 Å². The standard InChI is InChI=1S/C34H21F9N4O2/c35-32(36,37)22-8-4-19(5-9-22)25-12-14-44-17-27(25)30(48)47-29(21-2-1-3-24(16-21)34(41,42)43)31(49)46-28-18-45-15-13-26(28)20-6-10-23(11-7-20)33(38,39)40/h1-18,29H,(H,46,49)(H,47,48)/t29-/m0/s1. The van der Waals surface area contributed by atoms with E-state index in [-0.39, 0.29) is 39.1 Å². The lowest BCUT2D eigenvalue weighted by molar-refractivity contribution is -0.138. The number of alkyl halides is 9. The van der Waals surface area contributed by atoms with Crippen LogP contribution in [-0.2, 0) is 23.3 Å². The van der Waals surface area contributed by atoms with Crippen LogP contribution < -0.4 is 10.6 Å². The quantitative estimate of drug-likeness (QED) is 0.167. The molecule has 0 aliphatic heterocycles. The van der Waals surface area contributed by atoms with Crippen molar-refractivity contribution >= 4 is 17.5 Å². The largest absolute Gasteiger partial charge is 0.416 e. The third-order valence-electron chi connectivity index (χ3n) is 7.28. The van der Waals surface area contributed by atoms with Gasteiger partial charge in [0.25, 0.3) is 11.8 Å². The monoisotopic (exact) mass is 688 g/mol. The molecule has 1 atom stereocenters. The lowest BCUT2D eigenvalue weighted by atomic mass is 9.98. The highest BCUT2D eigenvalue weighted by molar-refractivity contribution is 6.05. The van der Waals surface area contributed by atoms with Crippen LogP contribution in [0, 0.1) is 0 Å². The Kier molecular flexibility index (Phi) is 9.47. The molecule has 0 bridgehead atoms. The number of nitrogens with one attached hydrogen (secondary N) is 2. The molecule has 0 aliphatic rings. The van der Waals surface area contributed by atoms with Crippen LogP contribution in [0.1, 0.15) is 38.7 Å². The Hall–Kier alpha value is -5.73.